The Kier molecular flexibility index (Phi) is 6.00. The lowest BCUT2D eigenvalue weighted by atomic mass is 10.0. The van der Waals surface area contributed by atoms with Crippen LogP contribution in [0.2, 0.25) is 0 Å². The summed E-state index contributed by atoms with van der Waals surface area (Å²) >= 11 is 1.71. The molecule has 4 aromatic rings. The molecule has 0 aliphatic carbocycles. The van der Waals surface area contributed by atoms with Crippen LogP contribution in [0.5, 0.6) is 0 Å². The predicted octanol–water partition coefficient (Wildman–Crippen LogP) is 5.97. The molecule has 2 aromatic carbocycles. The Hall–Kier alpha value is -2.92. The van der Waals surface area contributed by atoms with Gasteiger partial charge in [-0.25, -0.2) is 9.98 Å². The summed E-state index contributed by atoms with van der Waals surface area (Å²) < 4.78 is 4.49. The van der Waals surface area contributed by atoms with Gasteiger partial charge in [-0.15, -0.1) is 11.3 Å². The van der Waals surface area contributed by atoms with E-state index < -0.39 is 0 Å². The molecule has 0 radical (unpaired) electrons. The van der Waals surface area contributed by atoms with Gasteiger partial charge in [0.15, 0.2) is 4.80 Å². The van der Waals surface area contributed by atoms with Crippen LogP contribution in [-0.2, 0) is 13.1 Å². The molecule has 0 unspecified atom stereocenters. The molecular weight excluding hydrogens is 388 g/mol. The summed E-state index contributed by atoms with van der Waals surface area (Å²) in [5, 5.41) is 2.24. The zero-order chi connectivity index (χ0) is 21.1. The van der Waals surface area contributed by atoms with Crippen molar-refractivity contribution in [2.45, 2.75) is 47.2 Å². The van der Waals surface area contributed by atoms with E-state index in [0.717, 1.165) is 30.0 Å². The van der Waals surface area contributed by atoms with Gasteiger partial charge in [-0.1, -0.05) is 18.2 Å². The minimum absolute atomic E-state index is 0.910. The maximum absolute atomic E-state index is 5.01. The number of aryl methyl sites for hydroxylation is 5. The molecule has 4 rings (SSSR count). The van der Waals surface area contributed by atoms with Crippen LogP contribution < -0.4 is 4.80 Å². The molecule has 4 nitrogen and oxygen atoms in total. The van der Waals surface area contributed by atoms with Crippen LogP contribution in [0.25, 0.3) is 11.3 Å². The molecule has 2 heterocycles. The Labute approximate surface area is 182 Å². The second kappa shape index (κ2) is 8.84. The smallest absolute Gasteiger partial charge is 0.190 e. The summed E-state index contributed by atoms with van der Waals surface area (Å²) in [5.74, 6) is 0. The van der Waals surface area contributed by atoms with Gasteiger partial charge in [0.2, 0.25) is 0 Å². The number of hydrogen-bond acceptors (Lipinski definition) is 3. The lowest BCUT2D eigenvalue weighted by Crippen LogP contribution is -2.17. The first-order valence-corrected chi connectivity index (χ1v) is 11.2. The monoisotopic (exact) mass is 416 g/mol. The van der Waals surface area contributed by atoms with Crippen LogP contribution in [0.15, 0.2) is 65.5 Å². The van der Waals surface area contributed by atoms with Gasteiger partial charge in [-0.2, -0.15) is 0 Å². The van der Waals surface area contributed by atoms with E-state index in [-0.39, 0.29) is 0 Å². The van der Waals surface area contributed by atoms with Gasteiger partial charge in [0, 0.05) is 30.9 Å². The zero-order valence-electron chi connectivity index (χ0n) is 18.1. The van der Waals surface area contributed by atoms with E-state index >= 15 is 0 Å². The Morgan fingerprint density at radius 3 is 2.37 bits per heavy atom. The number of aromatic nitrogens is 3. The molecule has 0 aliphatic heterocycles. The first-order valence-electron chi connectivity index (χ1n) is 10.3. The molecule has 0 fully saturated rings. The maximum atomic E-state index is 5.01. The van der Waals surface area contributed by atoms with Crippen molar-refractivity contribution in [3.8, 4) is 11.3 Å². The molecular formula is C25H28N4S. The Balaban J connectivity index is 1.73. The number of benzene rings is 2. The normalized spacial score (nSPS) is 11.9. The van der Waals surface area contributed by atoms with E-state index in [1.807, 2.05) is 18.7 Å². The Bertz CT molecular complexity index is 1210. The van der Waals surface area contributed by atoms with Crippen LogP contribution in [-0.4, -0.2) is 14.1 Å². The number of imidazole rings is 1. The lowest BCUT2D eigenvalue weighted by molar-refractivity contribution is 0.559. The van der Waals surface area contributed by atoms with E-state index in [0.29, 0.717) is 0 Å². The molecule has 154 valence electrons. The third-order valence-electron chi connectivity index (χ3n) is 5.67. The van der Waals surface area contributed by atoms with Gasteiger partial charge in [-0.05, 0) is 80.1 Å². The third-order valence-corrected chi connectivity index (χ3v) is 6.54. The lowest BCUT2D eigenvalue weighted by Gasteiger charge is -2.11. The molecule has 0 N–H and O–H groups in total. The maximum Gasteiger partial charge on any atom is 0.190 e. The third kappa shape index (κ3) is 4.46. The number of hydrogen-bond donors (Lipinski definition) is 0. The highest BCUT2D eigenvalue weighted by molar-refractivity contribution is 7.07. The van der Waals surface area contributed by atoms with Crippen molar-refractivity contribution in [2.75, 3.05) is 0 Å². The number of thiazole rings is 1. The fourth-order valence-electron chi connectivity index (χ4n) is 3.50. The quantitative estimate of drug-likeness (QED) is 0.381. The molecule has 30 heavy (non-hydrogen) atoms. The van der Waals surface area contributed by atoms with Gasteiger partial charge >= 0.3 is 0 Å². The van der Waals surface area contributed by atoms with E-state index in [1.54, 1.807) is 11.3 Å². The van der Waals surface area contributed by atoms with Crippen LogP contribution in [0.3, 0.4) is 0 Å². The van der Waals surface area contributed by atoms with E-state index in [2.05, 4.69) is 83.6 Å². The van der Waals surface area contributed by atoms with Crippen molar-refractivity contribution in [1.29, 1.82) is 0 Å². The summed E-state index contributed by atoms with van der Waals surface area (Å²) in [4.78, 5) is 10.2. The minimum atomic E-state index is 0.910. The Morgan fingerprint density at radius 1 is 0.900 bits per heavy atom. The van der Waals surface area contributed by atoms with Crippen LogP contribution in [0, 0.1) is 27.7 Å². The van der Waals surface area contributed by atoms with Crippen molar-refractivity contribution >= 4 is 17.0 Å². The van der Waals surface area contributed by atoms with Crippen molar-refractivity contribution < 1.29 is 0 Å². The average Bonchev–Trinajstić information content (AvgIpc) is 3.38. The van der Waals surface area contributed by atoms with Gasteiger partial charge in [0.25, 0.3) is 0 Å². The second-order valence-electron chi connectivity index (χ2n) is 7.89. The topological polar surface area (TPSA) is 35.1 Å². The highest BCUT2D eigenvalue weighted by atomic mass is 32.1. The minimum Gasteiger partial charge on any atom is -0.337 e. The number of nitrogens with zero attached hydrogens (tertiary/aromatic N) is 4. The summed E-state index contributed by atoms with van der Waals surface area (Å²) in [6.07, 6.45) is 6.75. The van der Waals surface area contributed by atoms with Crippen molar-refractivity contribution in [2.24, 2.45) is 4.99 Å². The molecule has 0 spiro atoms. The van der Waals surface area contributed by atoms with Gasteiger partial charge in [0.1, 0.15) is 0 Å². The van der Waals surface area contributed by atoms with Crippen LogP contribution >= 0.6 is 11.3 Å². The van der Waals surface area contributed by atoms with Gasteiger partial charge in [0.05, 0.1) is 17.7 Å². The first kappa shape index (κ1) is 20.4. The predicted molar refractivity (Wildman–Crippen MR) is 125 cm³/mol. The standard InChI is InChI=1S/C25H28N4S/c1-18-6-8-22(14-20(18)3)24-16-30-25(27-23-9-7-19(2)21(4)15-23)29(24)12-5-11-28-13-10-26-17-28/h6-10,13-17H,5,11-12H2,1-4H3. The fraction of sp³-hybridized carbons (Fsp3) is 0.280. The second-order valence-corrected chi connectivity index (χ2v) is 8.73. The summed E-state index contributed by atoms with van der Waals surface area (Å²) in [5.41, 5.74) is 8.69. The molecule has 0 amide bonds. The molecule has 0 bridgehead atoms. The van der Waals surface area contributed by atoms with Crippen LogP contribution in [0.1, 0.15) is 28.7 Å². The molecule has 0 aliphatic rings. The van der Waals surface area contributed by atoms with E-state index in [1.165, 1.54) is 33.5 Å². The largest absolute Gasteiger partial charge is 0.337 e. The number of rotatable bonds is 6. The van der Waals surface area contributed by atoms with E-state index in [9.17, 15) is 0 Å². The van der Waals surface area contributed by atoms with Crippen LogP contribution in [0.4, 0.5) is 5.69 Å². The fourth-order valence-corrected chi connectivity index (χ4v) is 4.46. The highest BCUT2D eigenvalue weighted by Crippen LogP contribution is 2.24. The molecule has 0 saturated carbocycles. The molecule has 2 aromatic heterocycles. The van der Waals surface area contributed by atoms with Crippen molar-refractivity contribution in [3.63, 3.8) is 0 Å². The molecule has 0 atom stereocenters. The summed E-state index contributed by atoms with van der Waals surface area (Å²) in [6, 6.07) is 13.1. The molecule has 5 heteroatoms. The average molecular weight is 417 g/mol. The summed E-state index contributed by atoms with van der Waals surface area (Å²) in [7, 11) is 0. The van der Waals surface area contributed by atoms with E-state index in [4.69, 9.17) is 4.99 Å². The van der Waals surface area contributed by atoms with Crippen molar-refractivity contribution in [3.05, 3.63) is 87.6 Å². The van der Waals surface area contributed by atoms with Crippen molar-refractivity contribution in [1.82, 2.24) is 14.1 Å². The Morgan fingerprint density at radius 2 is 1.67 bits per heavy atom. The SMILES string of the molecule is Cc1ccc(N=c2scc(-c3ccc(C)c(C)c3)n2CCCn2ccnc2)cc1C. The van der Waals surface area contributed by atoms with Gasteiger partial charge in [-0.3, -0.25) is 0 Å². The molecule has 0 saturated heterocycles. The highest BCUT2D eigenvalue weighted by Gasteiger charge is 2.10. The van der Waals surface area contributed by atoms with Gasteiger partial charge < -0.3 is 9.13 Å². The first-order chi connectivity index (χ1) is 14.5. The summed E-state index contributed by atoms with van der Waals surface area (Å²) in [6.45, 7) is 10.5. The zero-order valence-corrected chi connectivity index (χ0v) is 18.9.